The number of para-hydroxylation sites is 18. The van der Waals surface area contributed by atoms with E-state index >= 15 is 0 Å². The molecule has 6 aliphatic heterocycles. The highest BCUT2D eigenvalue weighted by Gasteiger charge is 2.42. The van der Waals surface area contributed by atoms with Crippen LogP contribution < -0.4 is 43.6 Å². The third-order valence-corrected chi connectivity index (χ3v) is 30.0. The van der Waals surface area contributed by atoms with Crippen molar-refractivity contribution in [2.75, 3.05) is 29.4 Å². The van der Waals surface area contributed by atoms with Gasteiger partial charge in [0, 0.05) is 117 Å². The van der Waals surface area contributed by atoms with Crippen LogP contribution in [0, 0.1) is 0 Å². The summed E-state index contributed by atoms with van der Waals surface area (Å²) in [6, 6.07) is 152. The maximum atomic E-state index is 14.9. The Morgan fingerprint density at radius 2 is 0.267 bits per heavy atom. The maximum absolute atomic E-state index is 14.9. The van der Waals surface area contributed by atoms with Crippen LogP contribution in [0.5, 0.6) is 34.5 Å². The highest BCUT2D eigenvalue weighted by molar-refractivity contribution is 6.20. The number of ether oxygens (including phenoxy) is 3. The van der Waals surface area contributed by atoms with E-state index in [-0.39, 0.29) is 84.3 Å². The average Bonchev–Trinajstić information content (AvgIpc) is 0.728. The second kappa shape index (κ2) is 36.7. The molecule has 6 heterocycles. The van der Waals surface area contributed by atoms with E-state index in [1.165, 1.54) is 33.4 Å². The lowest BCUT2D eigenvalue weighted by Gasteiger charge is -2.42. The molecule has 0 bridgehead atoms. The van der Waals surface area contributed by atoms with Crippen LogP contribution in [0.2, 0.25) is 0 Å². The predicted molar refractivity (Wildman–Crippen MR) is 597 cm³/mol. The van der Waals surface area contributed by atoms with E-state index in [1.807, 2.05) is 255 Å². The molecule has 6 aliphatic rings. The van der Waals surface area contributed by atoms with E-state index in [2.05, 4.69) is 217 Å². The van der Waals surface area contributed by atoms with Crippen molar-refractivity contribution < 1.29 is 43.0 Å². The second-order valence-corrected chi connectivity index (χ2v) is 40.0. The fourth-order valence-electron chi connectivity index (χ4n) is 22.4. The third kappa shape index (κ3) is 15.8. The van der Waals surface area contributed by atoms with Crippen molar-refractivity contribution in [2.24, 2.45) is 0 Å². The molecule has 15 heteroatoms. The number of carbonyl (C=O) groups is 6. The van der Waals surface area contributed by atoms with E-state index in [0.717, 1.165) is 102 Å². The van der Waals surface area contributed by atoms with Gasteiger partial charge in [0.25, 0.3) is 0 Å². The first-order chi connectivity index (χ1) is 73.1. The van der Waals surface area contributed by atoms with Gasteiger partial charge < -0.3 is 43.6 Å². The molecule has 26 rings (SSSR count). The van der Waals surface area contributed by atoms with E-state index in [0.29, 0.717) is 67.9 Å². The number of anilines is 18. The van der Waals surface area contributed by atoms with Gasteiger partial charge in [-0.2, -0.15) is 0 Å². The maximum Gasteiger partial charge on any atom is 0.193 e. The molecule has 0 amide bonds. The van der Waals surface area contributed by atoms with Crippen molar-refractivity contribution in [3.8, 4) is 34.5 Å². The monoisotopic (exact) mass is 1940 g/mol. The predicted octanol–water partition coefficient (Wildman–Crippen LogP) is 33.8. The molecule has 20 aromatic carbocycles. The van der Waals surface area contributed by atoms with Crippen molar-refractivity contribution in [1.29, 1.82) is 0 Å². The summed E-state index contributed by atoms with van der Waals surface area (Å²) in [5.41, 5.74) is 27.4. The quantitative estimate of drug-likeness (QED) is 0.0749. The third-order valence-electron chi connectivity index (χ3n) is 30.0. The van der Waals surface area contributed by atoms with Crippen LogP contribution in [0.3, 0.4) is 0 Å². The summed E-state index contributed by atoms with van der Waals surface area (Å²) in [7, 11) is 0. The molecule has 0 atom stereocenters. The van der Waals surface area contributed by atoms with Crippen LogP contribution in [0.25, 0.3) is 0 Å². The smallest absolute Gasteiger partial charge is 0.193 e. The Bertz CT molecular complexity index is 7790. The normalized spacial score (nSPS) is 13.8. The van der Waals surface area contributed by atoms with Crippen LogP contribution in [0.4, 0.5) is 102 Å². The molecule has 0 aromatic heterocycles. The molecule has 0 aliphatic carbocycles. The van der Waals surface area contributed by atoms with Gasteiger partial charge in [-0.3, -0.25) is 28.8 Å². The van der Waals surface area contributed by atoms with Crippen molar-refractivity contribution in [1.82, 2.24) is 0 Å². The highest BCUT2D eigenvalue weighted by atomic mass is 16.5. The molecule has 0 unspecified atom stereocenters. The minimum absolute atomic E-state index is 0.204. The Kier molecular flexibility index (Phi) is 22.5. The van der Waals surface area contributed by atoms with E-state index in [4.69, 9.17) is 14.2 Å². The summed E-state index contributed by atoms with van der Waals surface area (Å²) in [6.45, 7) is 13.6. The zero-order valence-corrected chi connectivity index (χ0v) is 82.9. The SMILES string of the molecule is CC1(C)c2ccccc2N(c2ccc(C(=O)c3cc(C(=O)c4ccc(N5c6ccccc6C(C)(C)c6ccccc65)cc4)cc(C(=O)c4ccc(N5c6ccccc6C(C)(C)c6ccccc65)cc4)c3)cc2)c2ccccc21.O=C(c1ccc(N2c3ccccc3Oc3ccccc32)cc1)c1cc(C(=O)c2ccc(N3c4ccccc4Oc4ccccc43)cc2)cc(C(=O)c2ccc(N3c4ccccc4Oc4ccccc43)cc2)c1. The van der Waals surface area contributed by atoms with Crippen molar-refractivity contribution in [3.63, 3.8) is 0 Å². The summed E-state index contributed by atoms with van der Waals surface area (Å²) in [5, 5.41) is 0. The molecule has 20 aromatic rings. The molecule has 15 nitrogen and oxygen atoms in total. The second-order valence-electron chi connectivity index (χ2n) is 40.0. The number of rotatable bonds is 18. The van der Waals surface area contributed by atoms with Gasteiger partial charge in [0.2, 0.25) is 0 Å². The Labute approximate surface area is 869 Å². The van der Waals surface area contributed by atoms with Gasteiger partial charge in [0.1, 0.15) is 0 Å². The van der Waals surface area contributed by atoms with Gasteiger partial charge in [-0.1, -0.05) is 224 Å². The number of benzene rings is 20. The zero-order chi connectivity index (χ0) is 102. The minimum Gasteiger partial charge on any atom is -0.453 e. The van der Waals surface area contributed by atoms with Crippen LogP contribution in [0.1, 0.15) is 170 Å². The number of hydrogen-bond acceptors (Lipinski definition) is 15. The Balaban J connectivity index is 0.000000156. The minimum atomic E-state index is -0.340. The average molecular weight is 1950 g/mol. The lowest BCUT2D eigenvalue weighted by molar-refractivity contribution is 0.101. The number of fused-ring (bicyclic) bond motifs is 12. The number of hydrogen-bond donors (Lipinski definition) is 0. The summed E-state index contributed by atoms with van der Waals surface area (Å²) in [4.78, 5) is 102. The largest absolute Gasteiger partial charge is 0.453 e. The Morgan fingerprint density at radius 1 is 0.147 bits per heavy atom. The zero-order valence-electron chi connectivity index (χ0n) is 82.9. The topological polar surface area (TPSA) is 150 Å². The van der Waals surface area contributed by atoms with Crippen LogP contribution in [-0.4, -0.2) is 34.7 Å². The molecule has 0 saturated heterocycles. The first-order valence-corrected chi connectivity index (χ1v) is 50.3. The molecular weight excluding hydrogens is 1850 g/mol. The van der Waals surface area contributed by atoms with E-state index in [1.54, 1.807) is 72.8 Å². The molecule has 0 spiro atoms. The van der Waals surface area contributed by atoms with Gasteiger partial charge in [-0.25, -0.2) is 0 Å². The van der Waals surface area contributed by atoms with Gasteiger partial charge in [0.15, 0.2) is 69.2 Å². The lowest BCUT2D eigenvalue weighted by Crippen LogP contribution is -2.30. The molecule has 0 fully saturated rings. The summed E-state index contributed by atoms with van der Waals surface area (Å²) < 4.78 is 18.7. The van der Waals surface area contributed by atoms with E-state index < -0.39 is 0 Å². The van der Waals surface area contributed by atoms with Crippen LogP contribution >= 0.6 is 0 Å². The van der Waals surface area contributed by atoms with Gasteiger partial charge in [-0.05, 0) is 325 Å². The Morgan fingerprint density at radius 3 is 0.413 bits per heavy atom. The van der Waals surface area contributed by atoms with E-state index in [9.17, 15) is 28.8 Å². The first-order valence-electron chi connectivity index (χ1n) is 50.3. The first kappa shape index (κ1) is 91.8. The van der Waals surface area contributed by atoms with Crippen molar-refractivity contribution in [2.45, 2.75) is 57.8 Å². The summed E-state index contributed by atoms with van der Waals surface area (Å²) >= 11 is 0. The standard InChI is InChI=1S/C72H57N3O3.C63H39N3O6/c1-70(2)55-19-7-13-25-61(55)73(62-26-14-8-20-56(62)70)52-37-31-46(32-38-52)67(76)49-43-50(68(77)47-33-39-53(40-34-47)74-63-27-15-9-21-57(63)71(3,4)58-22-10-16-28-64(58)74)45-51(44-49)69(78)48-35-41-54(42-36-48)75-65-29-17-11-23-59(65)72(5,6)60-24-12-18-30-66(60)75;67-61(40-25-31-46(32-26-40)64-49-13-1-7-19-55(49)70-56-20-8-2-14-50(56)64)43-37-44(62(68)41-27-33-47(34-28-41)65-51-15-3-9-21-57(51)71-58-22-10-4-16-52(58)65)39-45(38-43)63(69)42-29-35-48(36-30-42)66-53-17-5-11-23-59(53)72-60-24-12-6-18-54(60)66/h7-45H,1-6H3;1-39H. The Hall–Kier alpha value is -19.4. The van der Waals surface area contributed by atoms with Crippen molar-refractivity contribution in [3.05, 3.63) is 573 Å². The number of nitrogens with zero attached hydrogens (tertiary/aromatic N) is 6. The number of ketones is 6. The molecular formula is C135H96N6O9. The molecule has 150 heavy (non-hydrogen) atoms. The molecule has 0 radical (unpaired) electrons. The lowest BCUT2D eigenvalue weighted by atomic mass is 9.73. The summed E-state index contributed by atoms with van der Waals surface area (Å²) in [6.07, 6.45) is 0. The molecule has 0 saturated carbocycles. The highest BCUT2D eigenvalue weighted by Crippen LogP contribution is 2.59. The number of carbonyl (C=O) groups excluding carboxylic acids is 6. The fraction of sp³-hybridized carbons (Fsp3) is 0.0667. The van der Waals surface area contributed by atoms with Crippen LogP contribution in [0.15, 0.2) is 473 Å². The fourth-order valence-corrected chi connectivity index (χ4v) is 22.4. The summed E-state index contributed by atoms with van der Waals surface area (Å²) in [5.74, 6) is 2.38. The molecule has 720 valence electrons. The van der Waals surface area contributed by atoms with Crippen molar-refractivity contribution >= 4 is 137 Å². The van der Waals surface area contributed by atoms with Crippen LogP contribution in [-0.2, 0) is 16.2 Å². The van der Waals surface area contributed by atoms with Gasteiger partial charge >= 0.3 is 0 Å². The van der Waals surface area contributed by atoms with Gasteiger partial charge in [0.05, 0.1) is 68.2 Å². The molecule has 0 N–H and O–H groups in total. The van der Waals surface area contributed by atoms with Gasteiger partial charge in [-0.15, -0.1) is 0 Å².